The zero-order chi connectivity index (χ0) is 22.5. The van der Waals surface area contributed by atoms with Gasteiger partial charge < -0.3 is 15.2 Å². The third kappa shape index (κ3) is 5.77. The van der Waals surface area contributed by atoms with Crippen LogP contribution in [0.5, 0.6) is 0 Å². The van der Waals surface area contributed by atoms with Crippen LogP contribution in [-0.4, -0.2) is 36.2 Å². The van der Waals surface area contributed by atoms with E-state index in [1.807, 2.05) is 13.8 Å². The molecule has 0 saturated heterocycles. The van der Waals surface area contributed by atoms with Crippen LogP contribution in [0.3, 0.4) is 0 Å². The van der Waals surface area contributed by atoms with Crippen molar-refractivity contribution in [1.82, 2.24) is 20.8 Å². The Hall–Kier alpha value is -2.58. The molecule has 1 aliphatic rings. The van der Waals surface area contributed by atoms with Gasteiger partial charge in [-0.15, -0.1) is 0 Å². The molecular weight excluding hydrogens is 407 g/mol. The zero-order valence-corrected chi connectivity index (χ0v) is 18.2. The van der Waals surface area contributed by atoms with Crippen molar-refractivity contribution in [1.29, 1.82) is 0 Å². The van der Waals surface area contributed by atoms with E-state index in [2.05, 4.69) is 25.8 Å². The predicted molar refractivity (Wildman–Crippen MR) is 113 cm³/mol. The maximum absolute atomic E-state index is 13.1. The third-order valence-electron chi connectivity index (χ3n) is 5.79. The summed E-state index contributed by atoms with van der Waals surface area (Å²) in [5.74, 6) is 2.19. The van der Waals surface area contributed by atoms with Crippen LogP contribution in [0, 0.1) is 0 Å². The van der Waals surface area contributed by atoms with E-state index in [0.29, 0.717) is 37.2 Å². The number of guanidine groups is 1. The van der Waals surface area contributed by atoms with Crippen molar-refractivity contribution in [3.63, 3.8) is 0 Å². The summed E-state index contributed by atoms with van der Waals surface area (Å²) in [5, 5.41) is 10.5. The van der Waals surface area contributed by atoms with Gasteiger partial charge in [0, 0.05) is 37.9 Å². The maximum Gasteiger partial charge on any atom is 0.416 e. The quantitative estimate of drug-likeness (QED) is 0.363. The van der Waals surface area contributed by atoms with Crippen molar-refractivity contribution < 1.29 is 17.7 Å². The van der Waals surface area contributed by atoms with Gasteiger partial charge in [-0.25, -0.2) is 0 Å². The van der Waals surface area contributed by atoms with Crippen molar-refractivity contribution in [3.8, 4) is 0 Å². The molecule has 0 unspecified atom stereocenters. The largest absolute Gasteiger partial charge is 0.416 e. The second-order valence-corrected chi connectivity index (χ2v) is 8.37. The minimum atomic E-state index is -4.33. The van der Waals surface area contributed by atoms with Gasteiger partial charge in [-0.05, 0) is 30.9 Å². The fourth-order valence-corrected chi connectivity index (χ4v) is 3.72. The molecule has 2 aromatic rings. The van der Waals surface area contributed by atoms with Crippen LogP contribution in [0.25, 0.3) is 0 Å². The van der Waals surface area contributed by atoms with E-state index in [0.717, 1.165) is 37.3 Å². The molecule has 1 fully saturated rings. The highest BCUT2D eigenvalue weighted by Crippen LogP contribution is 2.44. The number of hydrogen-bond donors (Lipinski definition) is 2. The number of alkyl halides is 3. The van der Waals surface area contributed by atoms with Crippen LogP contribution < -0.4 is 10.6 Å². The minimum absolute atomic E-state index is 0.231. The average Bonchev–Trinajstić information content (AvgIpc) is 3.17. The molecule has 1 heterocycles. The zero-order valence-electron chi connectivity index (χ0n) is 18.2. The van der Waals surface area contributed by atoms with Gasteiger partial charge in [0.05, 0.1) is 5.56 Å². The highest BCUT2D eigenvalue weighted by molar-refractivity contribution is 5.79. The van der Waals surface area contributed by atoms with Gasteiger partial charge in [-0.2, -0.15) is 18.2 Å². The summed E-state index contributed by atoms with van der Waals surface area (Å²) in [4.78, 5) is 8.60. The lowest BCUT2D eigenvalue weighted by Crippen LogP contribution is -2.49. The number of aromatic nitrogens is 2. The first-order chi connectivity index (χ1) is 14.7. The first-order valence-corrected chi connectivity index (χ1v) is 10.7. The summed E-state index contributed by atoms with van der Waals surface area (Å²) >= 11 is 0. The monoisotopic (exact) mass is 437 g/mol. The smallest absolute Gasteiger partial charge is 0.356 e. The van der Waals surface area contributed by atoms with Gasteiger partial charge in [-0.1, -0.05) is 43.6 Å². The number of hydrogen-bond acceptors (Lipinski definition) is 4. The Morgan fingerprint density at radius 2 is 2.03 bits per heavy atom. The summed E-state index contributed by atoms with van der Waals surface area (Å²) in [5.41, 5.74) is -0.162. The molecule has 2 N–H and O–H groups in total. The highest BCUT2D eigenvalue weighted by atomic mass is 19.4. The topological polar surface area (TPSA) is 75.3 Å². The Morgan fingerprint density at radius 3 is 2.61 bits per heavy atom. The van der Waals surface area contributed by atoms with E-state index in [1.165, 1.54) is 12.1 Å². The Bertz CT molecular complexity index is 887. The third-order valence-corrected chi connectivity index (χ3v) is 5.79. The van der Waals surface area contributed by atoms with E-state index >= 15 is 0 Å². The van der Waals surface area contributed by atoms with E-state index < -0.39 is 11.7 Å². The molecule has 0 atom stereocenters. The molecule has 170 valence electrons. The van der Waals surface area contributed by atoms with Crippen LogP contribution in [-0.2, 0) is 18.0 Å². The molecule has 0 bridgehead atoms. The molecule has 0 amide bonds. The lowest BCUT2D eigenvalue weighted by molar-refractivity contribution is -0.137. The molecule has 9 heteroatoms. The molecule has 0 aliphatic heterocycles. The fraction of sp³-hybridized carbons (Fsp3) is 0.591. The Kier molecular flexibility index (Phi) is 7.23. The first kappa shape index (κ1) is 23.1. The molecule has 1 aromatic carbocycles. The lowest BCUT2D eigenvalue weighted by Gasteiger charge is -2.43. The molecular formula is C22H30F3N5O. The standard InChI is InChI=1S/C22H30F3N5O/c1-15(2)19-29-18(31-30-19)9-5-12-27-20(26-3)28-14-21(10-6-11-21)16-7-4-8-17(13-16)22(23,24)25/h4,7-8,13,15H,5-6,9-12,14H2,1-3H3,(H2,26,27,28). The summed E-state index contributed by atoms with van der Waals surface area (Å²) in [6, 6.07) is 5.69. The molecule has 6 nitrogen and oxygen atoms in total. The number of benzene rings is 1. The highest BCUT2D eigenvalue weighted by Gasteiger charge is 2.40. The molecule has 0 spiro atoms. The van der Waals surface area contributed by atoms with Crippen molar-refractivity contribution in [2.24, 2.45) is 4.99 Å². The SMILES string of the molecule is CN=C(NCCCc1nc(C(C)C)no1)NCC1(c2cccc(C(F)(F)F)c2)CCC1. The van der Waals surface area contributed by atoms with Crippen molar-refractivity contribution in [2.45, 2.75) is 63.5 Å². The van der Waals surface area contributed by atoms with Crippen molar-refractivity contribution >= 4 is 5.96 Å². The van der Waals surface area contributed by atoms with Crippen molar-refractivity contribution in [2.75, 3.05) is 20.1 Å². The maximum atomic E-state index is 13.1. The number of nitrogens with one attached hydrogen (secondary N) is 2. The lowest BCUT2D eigenvalue weighted by atomic mass is 9.64. The van der Waals surface area contributed by atoms with Crippen LogP contribution in [0.1, 0.15) is 68.3 Å². The number of aliphatic imine (C=N–C) groups is 1. The van der Waals surface area contributed by atoms with E-state index in [9.17, 15) is 13.2 Å². The van der Waals surface area contributed by atoms with E-state index in [4.69, 9.17) is 4.52 Å². The Balaban J connectivity index is 1.51. The molecule has 0 radical (unpaired) electrons. The van der Waals surface area contributed by atoms with Gasteiger partial charge in [0.1, 0.15) is 0 Å². The van der Waals surface area contributed by atoms with Crippen LogP contribution in [0.2, 0.25) is 0 Å². The molecule has 1 aromatic heterocycles. The second kappa shape index (κ2) is 9.70. The van der Waals surface area contributed by atoms with Crippen LogP contribution >= 0.6 is 0 Å². The number of rotatable bonds is 8. The van der Waals surface area contributed by atoms with Gasteiger partial charge in [0.2, 0.25) is 5.89 Å². The molecule has 1 saturated carbocycles. The van der Waals surface area contributed by atoms with Gasteiger partial charge in [-0.3, -0.25) is 4.99 Å². The molecule has 1 aliphatic carbocycles. The number of aryl methyl sites for hydroxylation is 1. The molecule has 31 heavy (non-hydrogen) atoms. The van der Waals surface area contributed by atoms with E-state index in [1.54, 1.807) is 13.1 Å². The Labute approximate surface area is 180 Å². The van der Waals surface area contributed by atoms with Crippen LogP contribution in [0.4, 0.5) is 13.2 Å². The number of nitrogens with zero attached hydrogens (tertiary/aromatic N) is 3. The Morgan fingerprint density at radius 1 is 1.26 bits per heavy atom. The van der Waals surface area contributed by atoms with Crippen molar-refractivity contribution in [3.05, 3.63) is 47.1 Å². The minimum Gasteiger partial charge on any atom is -0.356 e. The average molecular weight is 438 g/mol. The second-order valence-electron chi connectivity index (χ2n) is 8.37. The van der Waals surface area contributed by atoms with Gasteiger partial charge in [0.25, 0.3) is 0 Å². The normalized spacial score (nSPS) is 16.3. The number of halogens is 3. The summed E-state index contributed by atoms with van der Waals surface area (Å²) in [6.07, 6.45) is -0.162. The van der Waals surface area contributed by atoms with E-state index in [-0.39, 0.29) is 11.3 Å². The fourth-order valence-electron chi connectivity index (χ4n) is 3.72. The summed E-state index contributed by atoms with van der Waals surface area (Å²) in [6.45, 7) is 5.23. The summed E-state index contributed by atoms with van der Waals surface area (Å²) < 4.78 is 44.6. The summed E-state index contributed by atoms with van der Waals surface area (Å²) in [7, 11) is 1.68. The van der Waals surface area contributed by atoms with Gasteiger partial charge in [0.15, 0.2) is 11.8 Å². The molecule has 3 rings (SSSR count). The van der Waals surface area contributed by atoms with Gasteiger partial charge >= 0.3 is 6.18 Å². The first-order valence-electron chi connectivity index (χ1n) is 10.7. The van der Waals surface area contributed by atoms with Crippen LogP contribution in [0.15, 0.2) is 33.8 Å². The predicted octanol–water partition coefficient (Wildman–Crippen LogP) is 4.43.